The van der Waals surface area contributed by atoms with E-state index in [9.17, 15) is 18.0 Å². The maximum absolute atomic E-state index is 12.1. The molecule has 0 aliphatic carbocycles. The zero-order valence-electron chi connectivity index (χ0n) is 10.1. The van der Waals surface area contributed by atoms with Crippen molar-refractivity contribution in [2.75, 3.05) is 26.2 Å². The number of amides is 1. The minimum Gasteiger partial charge on any atom is -0.367 e. The van der Waals surface area contributed by atoms with E-state index in [2.05, 4.69) is 4.98 Å². The van der Waals surface area contributed by atoms with E-state index < -0.39 is 16.1 Å². The van der Waals surface area contributed by atoms with Gasteiger partial charge in [0.25, 0.3) is 16.1 Å². The molecule has 0 saturated carbocycles. The predicted octanol–water partition coefficient (Wildman–Crippen LogP) is -1.66. The SMILES string of the molecule is NS(=O)(=O)N1CCN(C(=O)c2c[nH]ccc2=O)CC1. The van der Waals surface area contributed by atoms with Gasteiger partial charge in [0, 0.05) is 44.6 Å². The monoisotopic (exact) mass is 286 g/mol. The number of nitrogens with one attached hydrogen (secondary N) is 1. The molecule has 1 fully saturated rings. The third kappa shape index (κ3) is 3.00. The summed E-state index contributed by atoms with van der Waals surface area (Å²) in [6.45, 7) is 0.692. The molecule has 3 N–H and O–H groups in total. The van der Waals surface area contributed by atoms with E-state index in [0.717, 1.165) is 4.31 Å². The molecule has 1 amide bonds. The molecule has 104 valence electrons. The highest BCUT2D eigenvalue weighted by Crippen LogP contribution is 2.07. The lowest BCUT2D eigenvalue weighted by Gasteiger charge is -2.32. The van der Waals surface area contributed by atoms with E-state index in [1.807, 2.05) is 0 Å². The minimum atomic E-state index is -3.72. The zero-order chi connectivity index (χ0) is 14.0. The topological polar surface area (TPSA) is 117 Å². The molecule has 0 bridgehead atoms. The fourth-order valence-corrected chi connectivity index (χ4v) is 2.57. The summed E-state index contributed by atoms with van der Waals surface area (Å²) in [4.78, 5) is 27.7. The molecule has 0 aromatic carbocycles. The third-order valence-corrected chi connectivity index (χ3v) is 4.03. The van der Waals surface area contributed by atoms with E-state index >= 15 is 0 Å². The van der Waals surface area contributed by atoms with Gasteiger partial charge in [0.05, 0.1) is 0 Å². The number of pyridine rings is 1. The number of rotatable bonds is 2. The van der Waals surface area contributed by atoms with E-state index in [0.29, 0.717) is 0 Å². The van der Waals surface area contributed by atoms with Gasteiger partial charge in [0.1, 0.15) is 5.56 Å². The van der Waals surface area contributed by atoms with Crippen LogP contribution in [-0.4, -0.2) is 54.7 Å². The van der Waals surface area contributed by atoms with Crippen LogP contribution in [0.4, 0.5) is 0 Å². The van der Waals surface area contributed by atoms with E-state index in [4.69, 9.17) is 5.14 Å². The molecule has 1 aliphatic rings. The van der Waals surface area contributed by atoms with Crippen LogP contribution in [0.25, 0.3) is 0 Å². The Labute approximate surface area is 110 Å². The van der Waals surface area contributed by atoms with Crippen molar-refractivity contribution in [1.82, 2.24) is 14.2 Å². The van der Waals surface area contributed by atoms with Crippen LogP contribution in [0.5, 0.6) is 0 Å². The van der Waals surface area contributed by atoms with Crippen molar-refractivity contribution in [3.63, 3.8) is 0 Å². The lowest BCUT2D eigenvalue weighted by molar-refractivity contribution is 0.0696. The van der Waals surface area contributed by atoms with E-state index in [1.165, 1.54) is 23.4 Å². The molecule has 1 aliphatic heterocycles. The molecule has 0 unspecified atom stereocenters. The first-order valence-electron chi connectivity index (χ1n) is 5.64. The average Bonchev–Trinajstić information content (AvgIpc) is 2.38. The number of hydrogen-bond donors (Lipinski definition) is 2. The average molecular weight is 286 g/mol. The van der Waals surface area contributed by atoms with Gasteiger partial charge in [0.2, 0.25) is 0 Å². The van der Waals surface area contributed by atoms with E-state index in [1.54, 1.807) is 0 Å². The number of carbonyl (C=O) groups excluding carboxylic acids is 1. The fraction of sp³-hybridized carbons (Fsp3) is 0.400. The Balaban J connectivity index is 2.09. The molecule has 2 heterocycles. The Kier molecular flexibility index (Phi) is 3.69. The highest BCUT2D eigenvalue weighted by atomic mass is 32.2. The summed E-state index contributed by atoms with van der Waals surface area (Å²) in [5.41, 5.74) is -0.316. The van der Waals surface area contributed by atoms with Crippen molar-refractivity contribution < 1.29 is 13.2 Å². The number of nitrogens with two attached hydrogens (primary N) is 1. The van der Waals surface area contributed by atoms with Gasteiger partial charge in [-0.25, -0.2) is 5.14 Å². The number of nitrogens with zero attached hydrogens (tertiary/aromatic N) is 2. The number of piperazine rings is 1. The molecule has 19 heavy (non-hydrogen) atoms. The quantitative estimate of drug-likeness (QED) is 0.676. The van der Waals surface area contributed by atoms with Crippen molar-refractivity contribution in [3.8, 4) is 0 Å². The van der Waals surface area contributed by atoms with Crippen LogP contribution in [0.2, 0.25) is 0 Å². The first-order valence-corrected chi connectivity index (χ1v) is 7.14. The maximum Gasteiger partial charge on any atom is 0.277 e. The molecule has 0 atom stereocenters. The molecular formula is C10H14N4O4S. The molecule has 9 heteroatoms. The van der Waals surface area contributed by atoms with Crippen molar-refractivity contribution in [1.29, 1.82) is 0 Å². The number of H-pyrrole nitrogens is 1. The highest BCUT2D eigenvalue weighted by molar-refractivity contribution is 7.86. The largest absolute Gasteiger partial charge is 0.367 e. The molecule has 0 radical (unpaired) electrons. The Morgan fingerprint density at radius 2 is 1.89 bits per heavy atom. The van der Waals surface area contributed by atoms with Gasteiger partial charge in [-0.3, -0.25) is 9.59 Å². The lowest BCUT2D eigenvalue weighted by Crippen LogP contribution is -2.52. The molecular weight excluding hydrogens is 272 g/mol. The highest BCUT2D eigenvalue weighted by Gasteiger charge is 2.27. The van der Waals surface area contributed by atoms with Crippen molar-refractivity contribution in [2.24, 2.45) is 5.14 Å². The Morgan fingerprint density at radius 3 is 2.42 bits per heavy atom. The molecule has 8 nitrogen and oxygen atoms in total. The van der Waals surface area contributed by atoms with Gasteiger partial charge in [0.15, 0.2) is 5.43 Å². The van der Waals surface area contributed by atoms with Crippen LogP contribution in [-0.2, 0) is 10.2 Å². The predicted molar refractivity (Wildman–Crippen MR) is 67.6 cm³/mol. The Morgan fingerprint density at radius 1 is 1.26 bits per heavy atom. The van der Waals surface area contributed by atoms with Crippen molar-refractivity contribution in [3.05, 3.63) is 34.2 Å². The summed E-state index contributed by atoms with van der Waals surface area (Å²) < 4.78 is 23.4. The normalized spacial score (nSPS) is 17.4. The lowest BCUT2D eigenvalue weighted by atomic mass is 10.2. The molecule has 1 aromatic rings. The fourth-order valence-electron chi connectivity index (χ4n) is 1.90. The molecule has 1 aromatic heterocycles. The van der Waals surface area contributed by atoms with E-state index in [-0.39, 0.29) is 37.2 Å². The van der Waals surface area contributed by atoms with Crippen LogP contribution in [0.15, 0.2) is 23.3 Å². The zero-order valence-corrected chi connectivity index (χ0v) is 10.9. The van der Waals surface area contributed by atoms with Gasteiger partial charge in [-0.15, -0.1) is 0 Å². The number of hydrogen-bond acceptors (Lipinski definition) is 4. The Hall–Kier alpha value is -1.71. The summed E-state index contributed by atoms with van der Waals surface area (Å²) in [7, 11) is -3.72. The van der Waals surface area contributed by atoms with Crippen LogP contribution in [0, 0.1) is 0 Å². The van der Waals surface area contributed by atoms with Crippen LogP contribution >= 0.6 is 0 Å². The molecule has 1 saturated heterocycles. The van der Waals surface area contributed by atoms with Crippen LogP contribution in [0.1, 0.15) is 10.4 Å². The van der Waals surface area contributed by atoms with Gasteiger partial charge >= 0.3 is 0 Å². The summed E-state index contributed by atoms with van der Waals surface area (Å²) in [6.07, 6.45) is 2.79. The van der Waals surface area contributed by atoms with Crippen LogP contribution < -0.4 is 10.6 Å². The first kappa shape index (κ1) is 13.7. The second-order valence-electron chi connectivity index (χ2n) is 4.16. The van der Waals surface area contributed by atoms with Gasteiger partial charge in [-0.05, 0) is 0 Å². The standard InChI is InChI=1S/C10H14N4O4S/c11-19(17,18)14-5-3-13(4-6-14)10(16)8-7-12-2-1-9(8)15/h1-2,7H,3-6H2,(H,12,15)(H2,11,17,18). The third-order valence-electron chi connectivity index (χ3n) is 2.94. The second kappa shape index (κ2) is 5.11. The number of aromatic amines is 1. The minimum absolute atomic E-state index is 0.0477. The number of aromatic nitrogens is 1. The smallest absolute Gasteiger partial charge is 0.277 e. The van der Waals surface area contributed by atoms with Crippen LogP contribution in [0.3, 0.4) is 0 Å². The second-order valence-corrected chi connectivity index (χ2v) is 5.70. The summed E-state index contributed by atoms with van der Waals surface area (Å²) in [6, 6.07) is 1.27. The first-order chi connectivity index (χ1) is 8.89. The molecule has 0 spiro atoms. The summed E-state index contributed by atoms with van der Waals surface area (Å²) in [5, 5.41) is 5.01. The van der Waals surface area contributed by atoms with Crippen molar-refractivity contribution in [2.45, 2.75) is 0 Å². The Bertz CT molecular complexity index is 631. The van der Waals surface area contributed by atoms with Gasteiger partial charge in [-0.1, -0.05) is 0 Å². The van der Waals surface area contributed by atoms with Gasteiger partial charge < -0.3 is 9.88 Å². The van der Waals surface area contributed by atoms with Crippen molar-refractivity contribution >= 4 is 16.1 Å². The van der Waals surface area contributed by atoms with Gasteiger partial charge in [-0.2, -0.15) is 12.7 Å². The maximum atomic E-state index is 12.1. The molecule has 2 rings (SSSR count). The number of carbonyl (C=O) groups is 1. The summed E-state index contributed by atoms with van der Waals surface area (Å²) >= 11 is 0. The summed E-state index contributed by atoms with van der Waals surface area (Å²) in [5.74, 6) is -0.407.